The van der Waals surface area contributed by atoms with Crippen molar-refractivity contribution in [3.05, 3.63) is 0 Å². The molecule has 1 rings (SSSR count). The largest absolute Gasteiger partial charge is 0.480 e. The number of rotatable bonds is 9. The normalized spacial score (nSPS) is 21.6. The van der Waals surface area contributed by atoms with Gasteiger partial charge in [-0.3, -0.25) is 9.69 Å². The minimum absolute atomic E-state index is 0.207. The Kier molecular flexibility index (Phi) is 7.94. The number of thioether (sulfide) groups is 1. The van der Waals surface area contributed by atoms with E-state index in [1.807, 2.05) is 0 Å². The summed E-state index contributed by atoms with van der Waals surface area (Å²) < 4.78 is 5.71. The minimum atomic E-state index is -0.988. The zero-order valence-corrected chi connectivity index (χ0v) is 12.9. The van der Waals surface area contributed by atoms with Crippen LogP contribution in [0.3, 0.4) is 0 Å². The molecule has 0 aromatic carbocycles. The summed E-state index contributed by atoms with van der Waals surface area (Å²) in [6.45, 7) is 7.02. The van der Waals surface area contributed by atoms with E-state index in [9.17, 15) is 9.59 Å². The first-order chi connectivity index (χ1) is 9.54. The number of carbonyl (C=O) groups is 2. The molecule has 1 saturated heterocycles. The van der Waals surface area contributed by atoms with E-state index in [4.69, 9.17) is 9.84 Å². The first kappa shape index (κ1) is 17.3. The molecule has 1 aliphatic heterocycles. The predicted molar refractivity (Wildman–Crippen MR) is 79.0 cm³/mol. The lowest BCUT2D eigenvalue weighted by Crippen LogP contribution is -2.46. The van der Waals surface area contributed by atoms with E-state index < -0.39 is 12.0 Å². The number of ether oxygens (including phenoxy) is 1. The van der Waals surface area contributed by atoms with Crippen LogP contribution in [0.2, 0.25) is 0 Å². The number of morpholine rings is 1. The molecule has 20 heavy (non-hydrogen) atoms. The van der Waals surface area contributed by atoms with E-state index >= 15 is 0 Å². The number of nitrogens with one attached hydrogen (secondary N) is 1. The van der Waals surface area contributed by atoms with E-state index in [1.54, 1.807) is 11.8 Å². The average Bonchev–Trinajstić information content (AvgIpc) is 2.42. The van der Waals surface area contributed by atoms with Crippen LogP contribution >= 0.6 is 11.8 Å². The fraction of sp³-hybridized carbons (Fsp3) is 0.846. The van der Waals surface area contributed by atoms with Crippen LogP contribution in [0.1, 0.15) is 20.3 Å². The Hall–Kier alpha value is -0.790. The van der Waals surface area contributed by atoms with Crippen LogP contribution in [0, 0.1) is 0 Å². The van der Waals surface area contributed by atoms with Crippen molar-refractivity contribution in [1.82, 2.24) is 10.2 Å². The van der Waals surface area contributed by atoms with Gasteiger partial charge in [-0.2, -0.15) is 11.8 Å². The Morgan fingerprint density at radius 2 is 2.35 bits per heavy atom. The van der Waals surface area contributed by atoms with Gasteiger partial charge in [-0.05, 0) is 26.0 Å². The molecule has 0 saturated carbocycles. The van der Waals surface area contributed by atoms with Crippen molar-refractivity contribution in [3.63, 3.8) is 0 Å². The molecule has 7 heteroatoms. The molecule has 0 bridgehead atoms. The Labute approximate surface area is 124 Å². The lowest BCUT2D eigenvalue weighted by atomic mass is 10.2. The molecule has 0 spiro atoms. The van der Waals surface area contributed by atoms with Gasteiger partial charge in [0.15, 0.2) is 0 Å². The second kappa shape index (κ2) is 9.20. The van der Waals surface area contributed by atoms with Crippen LogP contribution in [-0.2, 0) is 14.3 Å². The maximum Gasteiger partial charge on any atom is 0.326 e. The Morgan fingerprint density at radius 1 is 1.60 bits per heavy atom. The molecule has 1 heterocycles. The van der Waals surface area contributed by atoms with Crippen LogP contribution in [0.25, 0.3) is 0 Å². The highest BCUT2D eigenvalue weighted by Gasteiger charge is 2.22. The van der Waals surface area contributed by atoms with Crippen LogP contribution in [0.15, 0.2) is 0 Å². The standard InChI is InChI=1S/C13H24N2O4S/c1-10(2)15-4-5-19-11(7-15)8-20-6-3-12(13(17)18)14-9-16/h9-12H,3-8H2,1-2H3,(H,14,16)(H,17,18). The third-order valence-corrected chi connectivity index (χ3v) is 4.45. The molecular weight excluding hydrogens is 280 g/mol. The fourth-order valence-electron chi connectivity index (χ4n) is 2.09. The number of hydrogen-bond donors (Lipinski definition) is 2. The van der Waals surface area contributed by atoms with E-state index in [2.05, 4.69) is 24.1 Å². The SMILES string of the molecule is CC(C)N1CCOC(CSCCC(NC=O)C(=O)O)C1. The number of carbonyl (C=O) groups excluding carboxylic acids is 1. The van der Waals surface area contributed by atoms with E-state index in [0.717, 1.165) is 25.4 Å². The molecule has 0 aliphatic carbocycles. The van der Waals surface area contributed by atoms with E-state index in [-0.39, 0.29) is 6.10 Å². The highest BCUT2D eigenvalue weighted by molar-refractivity contribution is 7.99. The third-order valence-electron chi connectivity index (χ3n) is 3.32. The fourth-order valence-corrected chi connectivity index (χ4v) is 3.12. The zero-order valence-electron chi connectivity index (χ0n) is 12.1. The van der Waals surface area contributed by atoms with Crippen LogP contribution < -0.4 is 5.32 Å². The van der Waals surface area contributed by atoms with Gasteiger partial charge < -0.3 is 15.2 Å². The van der Waals surface area contributed by atoms with E-state index in [1.165, 1.54) is 0 Å². The van der Waals surface area contributed by atoms with Gasteiger partial charge in [-0.25, -0.2) is 4.79 Å². The molecule has 0 aromatic heterocycles. The van der Waals surface area contributed by atoms with Gasteiger partial charge in [0.25, 0.3) is 0 Å². The summed E-state index contributed by atoms with van der Waals surface area (Å²) in [5.41, 5.74) is 0. The highest BCUT2D eigenvalue weighted by Crippen LogP contribution is 2.14. The molecular formula is C13H24N2O4S. The maximum absolute atomic E-state index is 10.8. The summed E-state index contributed by atoms with van der Waals surface area (Å²) in [6.07, 6.45) is 1.08. The van der Waals surface area contributed by atoms with Gasteiger partial charge in [0.1, 0.15) is 6.04 Å². The number of aliphatic carboxylic acids is 1. The van der Waals surface area contributed by atoms with Gasteiger partial charge >= 0.3 is 5.97 Å². The first-order valence-corrected chi connectivity index (χ1v) is 8.06. The molecule has 1 amide bonds. The van der Waals surface area contributed by atoms with Gasteiger partial charge in [0, 0.05) is 24.9 Å². The summed E-state index contributed by atoms with van der Waals surface area (Å²) in [6, 6.07) is -0.265. The monoisotopic (exact) mass is 304 g/mol. The van der Waals surface area contributed by atoms with Crippen molar-refractivity contribution >= 4 is 24.1 Å². The highest BCUT2D eigenvalue weighted by atomic mass is 32.2. The Balaban J connectivity index is 2.20. The average molecular weight is 304 g/mol. The molecule has 0 aromatic rings. The van der Waals surface area contributed by atoms with Crippen LogP contribution in [0.5, 0.6) is 0 Å². The minimum Gasteiger partial charge on any atom is -0.480 e. The van der Waals surface area contributed by atoms with Crippen molar-refractivity contribution in [2.24, 2.45) is 0 Å². The number of nitrogens with zero attached hydrogens (tertiary/aromatic N) is 1. The molecule has 2 N–H and O–H groups in total. The topological polar surface area (TPSA) is 78.9 Å². The summed E-state index contributed by atoms with van der Waals surface area (Å²) in [4.78, 5) is 23.5. The summed E-state index contributed by atoms with van der Waals surface area (Å²) in [7, 11) is 0. The van der Waals surface area contributed by atoms with Crippen molar-refractivity contribution in [1.29, 1.82) is 0 Å². The van der Waals surface area contributed by atoms with Gasteiger partial charge in [0.05, 0.1) is 12.7 Å². The van der Waals surface area contributed by atoms with E-state index in [0.29, 0.717) is 24.6 Å². The quantitative estimate of drug-likeness (QED) is 0.475. The van der Waals surface area contributed by atoms with Gasteiger partial charge in [0.2, 0.25) is 6.41 Å². The van der Waals surface area contributed by atoms with Crippen molar-refractivity contribution in [3.8, 4) is 0 Å². The molecule has 0 radical (unpaired) electrons. The van der Waals surface area contributed by atoms with Gasteiger partial charge in [-0.1, -0.05) is 0 Å². The Morgan fingerprint density at radius 3 is 2.95 bits per heavy atom. The Bertz CT molecular complexity index is 315. The van der Waals surface area contributed by atoms with Crippen molar-refractivity contribution < 1.29 is 19.4 Å². The molecule has 2 atom stereocenters. The smallest absolute Gasteiger partial charge is 0.326 e. The first-order valence-electron chi connectivity index (χ1n) is 6.90. The number of carboxylic acids is 1. The summed E-state index contributed by atoms with van der Waals surface area (Å²) in [5.74, 6) is 0.563. The molecule has 116 valence electrons. The molecule has 6 nitrogen and oxygen atoms in total. The molecule has 2 unspecified atom stereocenters. The zero-order chi connectivity index (χ0) is 15.0. The summed E-state index contributed by atoms with van der Waals surface area (Å²) in [5, 5.41) is 11.2. The number of amides is 1. The van der Waals surface area contributed by atoms with Gasteiger partial charge in [-0.15, -0.1) is 0 Å². The lowest BCUT2D eigenvalue weighted by molar-refractivity contribution is -0.140. The molecule has 1 fully saturated rings. The second-order valence-corrected chi connectivity index (χ2v) is 6.27. The maximum atomic E-state index is 10.8. The second-order valence-electron chi connectivity index (χ2n) is 5.12. The third kappa shape index (κ3) is 6.11. The van der Waals surface area contributed by atoms with Crippen molar-refractivity contribution in [2.75, 3.05) is 31.2 Å². The predicted octanol–water partition coefficient (Wildman–Crippen LogP) is 0.418. The number of carboxylic acid groups (broad SMARTS) is 1. The van der Waals surface area contributed by atoms with Crippen LogP contribution in [0.4, 0.5) is 0 Å². The van der Waals surface area contributed by atoms with Crippen molar-refractivity contribution in [2.45, 2.75) is 38.5 Å². The van der Waals surface area contributed by atoms with Crippen LogP contribution in [-0.4, -0.2) is 71.8 Å². The molecule has 1 aliphatic rings. The number of hydrogen-bond acceptors (Lipinski definition) is 5. The summed E-state index contributed by atoms with van der Waals surface area (Å²) >= 11 is 1.67. The lowest BCUT2D eigenvalue weighted by Gasteiger charge is -2.35.